The van der Waals surface area contributed by atoms with E-state index in [1.807, 2.05) is 12.1 Å². The Balaban J connectivity index is 0.000000255. The Bertz CT molecular complexity index is 256. The molecule has 14 heavy (non-hydrogen) atoms. The minimum atomic E-state index is -4.40. The third kappa shape index (κ3) is 8.07. The van der Waals surface area contributed by atoms with Gasteiger partial charge in [0.25, 0.3) is 0 Å². The molecule has 1 aromatic carbocycles. The first-order valence-electron chi connectivity index (χ1n) is 3.75. The van der Waals surface area contributed by atoms with E-state index in [1.165, 1.54) is 5.56 Å². The second-order valence-electron chi connectivity index (χ2n) is 2.57. The lowest BCUT2D eigenvalue weighted by atomic mass is 10.2. The molecular formula is C9H10BrF3O. The quantitative estimate of drug-likeness (QED) is 0.767. The van der Waals surface area contributed by atoms with Gasteiger partial charge in [0.2, 0.25) is 0 Å². The first kappa shape index (κ1) is 13.4. The normalized spacial score (nSPS) is 10.4. The average Bonchev–Trinajstić information content (AvgIpc) is 2.03. The number of halogens is 4. The molecule has 0 saturated carbocycles. The van der Waals surface area contributed by atoms with Gasteiger partial charge in [-0.15, -0.1) is 0 Å². The number of alkyl halides is 3. The molecule has 0 radical (unpaired) electrons. The molecule has 1 nitrogen and oxygen atoms in total. The highest BCUT2D eigenvalue weighted by Crippen LogP contribution is 2.11. The van der Waals surface area contributed by atoms with Crippen molar-refractivity contribution >= 4 is 15.9 Å². The second kappa shape index (κ2) is 6.03. The van der Waals surface area contributed by atoms with Crippen molar-refractivity contribution in [3.05, 3.63) is 34.3 Å². The van der Waals surface area contributed by atoms with Gasteiger partial charge in [-0.3, -0.25) is 0 Å². The maximum atomic E-state index is 10.5. The zero-order valence-corrected chi connectivity index (χ0v) is 9.06. The third-order valence-electron chi connectivity index (χ3n) is 1.16. The van der Waals surface area contributed by atoms with Gasteiger partial charge in [0.05, 0.1) is 0 Å². The minimum absolute atomic E-state index is 1.15. The van der Waals surface area contributed by atoms with Gasteiger partial charge in [0.15, 0.2) is 0 Å². The Kier molecular flexibility index (Phi) is 5.79. The lowest BCUT2D eigenvalue weighted by Gasteiger charge is -1.95. The standard InChI is InChI=1S/C7H7Br.C2H3F3O/c1-6-3-2-4-7(8)5-6;3-2(4,5)1-6/h2-5H,1H3;6H,1H2. The number of benzene rings is 1. The molecule has 1 N–H and O–H groups in total. The average molecular weight is 271 g/mol. The van der Waals surface area contributed by atoms with E-state index in [0.717, 1.165) is 4.47 Å². The van der Waals surface area contributed by atoms with Crippen molar-refractivity contribution in [1.29, 1.82) is 0 Å². The molecule has 1 rings (SSSR count). The van der Waals surface area contributed by atoms with Crippen molar-refractivity contribution in [2.24, 2.45) is 0 Å². The van der Waals surface area contributed by atoms with Crippen LogP contribution in [0.25, 0.3) is 0 Å². The van der Waals surface area contributed by atoms with Crippen LogP contribution >= 0.6 is 15.9 Å². The van der Waals surface area contributed by atoms with Crippen molar-refractivity contribution in [3.63, 3.8) is 0 Å². The van der Waals surface area contributed by atoms with E-state index in [9.17, 15) is 13.2 Å². The smallest absolute Gasteiger partial charge is 0.387 e. The number of hydrogen-bond acceptors (Lipinski definition) is 1. The molecule has 0 atom stereocenters. The molecule has 0 aliphatic rings. The zero-order chi connectivity index (χ0) is 11.2. The van der Waals surface area contributed by atoms with Crippen molar-refractivity contribution in [3.8, 4) is 0 Å². The van der Waals surface area contributed by atoms with E-state index in [4.69, 9.17) is 5.11 Å². The highest BCUT2D eigenvalue weighted by Gasteiger charge is 2.24. The third-order valence-corrected chi connectivity index (χ3v) is 1.65. The molecular weight excluding hydrogens is 261 g/mol. The number of hydrogen-bond donors (Lipinski definition) is 1. The molecule has 0 amide bonds. The van der Waals surface area contributed by atoms with Crippen LogP contribution in [-0.2, 0) is 0 Å². The van der Waals surface area contributed by atoms with Crippen LogP contribution in [0, 0.1) is 6.92 Å². The summed E-state index contributed by atoms with van der Waals surface area (Å²) in [6.45, 7) is 0.345. The van der Waals surface area contributed by atoms with Crippen LogP contribution in [-0.4, -0.2) is 17.9 Å². The van der Waals surface area contributed by atoms with Crippen LogP contribution in [0.1, 0.15) is 5.56 Å². The summed E-state index contributed by atoms with van der Waals surface area (Å²) in [6, 6.07) is 8.21. The molecule has 1 aromatic rings. The fourth-order valence-corrected chi connectivity index (χ4v) is 1.12. The molecule has 0 bridgehead atoms. The maximum absolute atomic E-state index is 10.5. The van der Waals surface area contributed by atoms with Crippen LogP contribution in [0.5, 0.6) is 0 Å². The summed E-state index contributed by atoms with van der Waals surface area (Å²) in [5, 5.41) is 7.28. The van der Waals surface area contributed by atoms with Crippen LogP contribution in [0.3, 0.4) is 0 Å². The second-order valence-corrected chi connectivity index (χ2v) is 3.49. The van der Waals surface area contributed by atoms with E-state index in [0.29, 0.717) is 0 Å². The van der Waals surface area contributed by atoms with E-state index < -0.39 is 12.8 Å². The largest absolute Gasteiger partial charge is 0.411 e. The van der Waals surface area contributed by atoms with Gasteiger partial charge in [-0.25, -0.2) is 0 Å². The number of aliphatic hydroxyl groups excluding tert-OH is 1. The maximum Gasteiger partial charge on any atom is 0.411 e. The zero-order valence-electron chi connectivity index (χ0n) is 7.48. The topological polar surface area (TPSA) is 20.2 Å². The monoisotopic (exact) mass is 270 g/mol. The van der Waals surface area contributed by atoms with Gasteiger partial charge in [-0.05, 0) is 19.1 Å². The lowest BCUT2D eigenvalue weighted by Crippen LogP contribution is -2.12. The van der Waals surface area contributed by atoms with E-state index in [-0.39, 0.29) is 0 Å². The Morgan fingerprint density at radius 3 is 2.07 bits per heavy atom. The fraction of sp³-hybridized carbons (Fsp3) is 0.333. The van der Waals surface area contributed by atoms with Crippen LogP contribution in [0.4, 0.5) is 13.2 Å². The Morgan fingerprint density at radius 1 is 1.36 bits per heavy atom. The van der Waals surface area contributed by atoms with Crippen LogP contribution in [0.2, 0.25) is 0 Å². The summed E-state index contributed by atoms with van der Waals surface area (Å²) >= 11 is 3.36. The van der Waals surface area contributed by atoms with E-state index in [2.05, 4.69) is 35.0 Å². The van der Waals surface area contributed by atoms with Gasteiger partial charge < -0.3 is 5.11 Å². The molecule has 0 spiro atoms. The Hall–Kier alpha value is -0.550. The van der Waals surface area contributed by atoms with Crippen LogP contribution in [0.15, 0.2) is 28.7 Å². The summed E-state index contributed by atoms with van der Waals surface area (Å²) < 4.78 is 32.8. The van der Waals surface area contributed by atoms with E-state index >= 15 is 0 Å². The molecule has 0 aliphatic heterocycles. The number of aliphatic hydroxyl groups is 1. The summed E-state index contributed by atoms with van der Waals surface area (Å²) in [4.78, 5) is 0. The summed E-state index contributed by atoms with van der Waals surface area (Å²) in [7, 11) is 0. The van der Waals surface area contributed by atoms with Gasteiger partial charge in [0, 0.05) is 4.47 Å². The Morgan fingerprint density at radius 2 is 1.86 bits per heavy atom. The summed E-state index contributed by atoms with van der Waals surface area (Å²) in [5.41, 5.74) is 1.29. The highest BCUT2D eigenvalue weighted by atomic mass is 79.9. The number of aryl methyl sites for hydroxylation is 1. The summed E-state index contributed by atoms with van der Waals surface area (Å²) in [6.07, 6.45) is -4.40. The number of rotatable bonds is 0. The molecule has 0 aromatic heterocycles. The van der Waals surface area contributed by atoms with Crippen molar-refractivity contribution in [1.82, 2.24) is 0 Å². The van der Waals surface area contributed by atoms with Gasteiger partial charge in [0.1, 0.15) is 6.61 Å². The SMILES string of the molecule is Cc1cccc(Br)c1.OCC(F)(F)F. The first-order valence-corrected chi connectivity index (χ1v) is 4.54. The molecule has 5 heteroatoms. The molecule has 0 fully saturated rings. The molecule has 0 saturated heterocycles. The summed E-state index contributed by atoms with van der Waals surface area (Å²) in [5.74, 6) is 0. The first-order chi connectivity index (χ1) is 6.35. The lowest BCUT2D eigenvalue weighted by molar-refractivity contribution is -0.159. The van der Waals surface area contributed by atoms with Gasteiger partial charge >= 0.3 is 6.18 Å². The van der Waals surface area contributed by atoms with Crippen molar-refractivity contribution in [2.75, 3.05) is 6.61 Å². The highest BCUT2D eigenvalue weighted by molar-refractivity contribution is 9.10. The van der Waals surface area contributed by atoms with Crippen LogP contribution < -0.4 is 0 Å². The van der Waals surface area contributed by atoms with Gasteiger partial charge in [-0.1, -0.05) is 33.6 Å². The molecule has 0 heterocycles. The van der Waals surface area contributed by atoms with E-state index in [1.54, 1.807) is 0 Å². The van der Waals surface area contributed by atoms with Gasteiger partial charge in [-0.2, -0.15) is 13.2 Å². The predicted octanol–water partition coefficient (Wildman–Crippen LogP) is 3.30. The Labute approximate surface area is 88.7 Å². The molecule has 0 aliphatic carbocycles. The predicted molar refractivity (Wildman–Crippen MR) is 52.0 cm³/mol. The molecule has 0 unspecified atom stereocenters. The fourth-order valence-electron chi connectivity index (χ4n) is 0.606. The molecule has 80 valence electrons. The minimum Gasteiger partial charge on any atom is -0.387 e. The van der Waals surface area contributed by atoms with Crippen molar-refractivity contribution < 1.29 is 18.3 Å². The van der Waals surface area contributed by atoms with Crippen molar-refractivity contribution in [2.45, 2.75) is 13.1 Å².